The molecule has 1 aromatic carbocycles. The number of primary amides is 1. The number of thioether (sulfide) groups is 1. The molecule has 4 heteroatoms. The fourth-order valence-corrected chi connectivity index (χ4v) is 1.43. The van der Waals surface area contributed by atoms with E-state index < -0.39 is 0 Å². The minimum Gasteiger partial charge on any atom is -0.370 e. The summed E-state index contributed by atoms with van der Waals surface area (Å²) >= 11 is 1.96. The van der Waals surface area contributed by atoms with Crippen LogP contribution in [0.2, 0.25) is 0 Å². The third-order valence-electron chi connectivity index (χ3n) is 1.32. The van der Waals surface area contributed by atoms with E-state index >= 15 is 0 Å². The van der Waals surface area contributed by atoms with Crippen LogP contribution in [0.3, 0.4) is 0 Å². The molecule has 0 spiro atoms. The van der Waals surface area contributed by atoms with Crippen molar-refractivity contribution in [1.29, 1.82) is 0 Å². The van der Waals surface area contributed by atoms with Gasteiger partial charge in [0.2, 0.25) is 5.91 Å². The van der Waals surface area contributed by atoms with E-state index in [-0.39, 0.29) is 7.33 Å². The highest BCUT2D eigenvalue weighted by molar-refractivity contribution is 7.98. The van der Waals surface area contributed by atoms with E-state index in [4.69, 9.17) is 0 Å². The summed E-state index contributed by atoms with van der Waals surface area (Å²) in [5.74, 6) is 2.02. The van der Waals surface area contributed by atoms with Crippen LogP contribution in [-0.2, 0) is 10.5 Å². The summed E-state index contributed by atoms with van der Waals surface area (Å²) in [5, 5.41) is 0. The van der Waals surface area contributed by atoms with Crippen LogP contribution in [0.1, 0.15) is 20.8 Å². The number of nitrogens with two attached hydrogens (primary N) is 2. The van der Waals surface area contributed by atoms with Gasteiger partial charge in [-0.05, 0) is 18.4 Å². The van der Waals surface area contributed by atoms with Crippen molar-refractivity contribution in [3.05, 3.63) is 35.9 Å². The van der Waals surface area contributed by atoms with Crippen LogP contribution < -0.4 is 11.5 Å². The van der Waals surface area contributed by atoms with Crippen molar-refractivity contribution in [2.75, 3.05) is 12.8 Å². The molecule has 0 fully saturated rings. The number of rotatable bonds is 3. The number of hydrogen-bond donors (Lipinski definition) is 2. The maximum atomic E-state index is 9.22. The number of carbonyl (C=O) groups excluding carboxylic acids is 1. The lowest BCUT2D eigenvalue weighted by Crippen LogP contribution is -2.01. The molecular formula is C12H24N2OS. The Morgan fingerprint density at radius 3 is 2.12 bits per heavy atom. The molecule has 0 aliphatic carbocycles. The van der Waals surface area contributed by atoms with Gasteiger partial charge >= 0.3 is 0 Å². The van der Waals surface area contributed by atoms with Crippen molar-refractivity contribution in [2.24, 2.45) is 11.5 Å². The van der Waals surface area contributed by atoms with Gasteiger partial charge < -0.3 is 11.5 Å². The topological polar surface area (TPSA) is 69.1 Å². The molecule has 0 aromatic heterocycles. The molecule has 1 amide bonds. The molecule has 0 saturated carbocycles. The summed E-state index contributed by atoms with van der Waals surface area (Å²) in [6, 6.07) is 10.6. The lowest BCUT2D eigenvalue weighted by molar-refractivity contribution is -0.115. The van der Waals surface area contributed by atoms with Gasteiger partial charge in [-0.3, -0.25) is 4.79 Å². The SMILES string of the molecule is CC(N)=O.CCSCc1ccccc1.CN.[2HH]. The molecule has 16 heavy (non-hydrogen) atoms. The van der Waals surface area contributed by atoms with E-state index in [2.05, 4.69) is 48.7 Å². The summed E-state index contributed by atoms with van der Waals surface area (Å²) in [6.07, 6.45) is 0. The van der Waals surface area contributed by atoms with Gasteiger partial charge in [-0.2, -0.15) is 11.8 Å². The zero-order chi connectivity index (χ0) is 12.8. The standard InChI is InChI=1S/C9H12S.C2H5NO.CH5N.H2/c1-2-10-8-9-6-4-3-5-7-9;1-2(3)4;1-2;/h3-7H,2,8H2,1H3;1H3,(H2,3,4);2H2,1H3;1H/i;;;1+1. The van der Waals surface area contributed by atoms with Crippen LogP contribution in [-0.4, -0.2) is 18.7 Å². The highest BCUT2D eigenvalue weighted by Gasteiger charge is 1.87. The van der Waals surface area contributed by atoms with Crippen molar-refractivity contribution in [1.82, 2.24) is 0 Å². The van der Waals surface area contributed by atoms with Gasteiger partial charge in [0, 0.05) is 14.1 Å². The van der Waals surface area contributed by atoms with Gasteiger partial charge in [-0.1, -0.05) is 37.3 Å². The molecule has 0 aliphatic rings. The largest absolute Gasteiger partial charge is 0.370 e. The lowest BCUT2D eigenvalue weighted by Gasteiger charge is -1.96. The molecule has 0 bridgehead atoms. The van der Waals surface area contributed by atoms with Crippen molar-refractivity contribution in [3.8, 4) is 0 Å². The van der Waals surface area contributed by atoms with Crippen LogP contribution in [0, 0.1) is 0 Å². The monoisotopic (exact) mass is 245 g/mol. The predicted molar refractivity (Wildman–Crippen MR) is 75.4 cm³/mol. The molecule has 0 aliphatic heterocycles. The van der Waals surface area contributed by atoms with E-state index in [9.17, 15) is 4.79 Å². The maximum Gasteiger partial charge on any atom is 0.214 e. The van der Waals surface area contributed by atoms with Crippen molar-refractivity contribution < 1.29 is 6.22 Å². The Morgan fingerprint density at radius 2 is 1.75 bits per heavy atom. The molecule has 4 N–H and O–H groups in total. The Morgan fingerprint density at radius 1 is 1.31 bits per heavy atom. The van der Waals surface area contributed by atoms with Crippen LogP contribution in [0.15, 0.2) is 30.3 Å². The summed E-state index contributed by atoms with van der Waals surface area (Å²) < 4.78 is 0. The molecule has 0 saturated heterocycles. The molecule has 94 valence electrons. The van der Waals surface area contributed by atoms with Gasteiger partial charge in [-0.15, -0.1) is 0 Å². The predicted octanol–water partition coefficient (Wildman–Crippen LogP) is 2.25. The summed E-state index contributed by atoms with van der Waals surface area (Å²) in [4.78, 5) is 9.22. The summed E-state index contributed by atoms with van der Waals surface area (Å²) in [5.41, 5.74) is 10.4. The fraction of sp³-hybridized carbons (Fsp3) is 0.417. The maximum absolute atomic E-state index is 9.22. The molecule has 0 atom stereocenters. The highest BCUT2D eigenvalue weighted by Crippen LogP contribution is 2.09. The fourth-order valence-electron chi connectivity index (χ4n) is 0.794. The lowest BCUT2D eigenvalue weighted by atomic mass is 10.2. The minimum atomic E-state index is -0.333. The summed E-state index contributed by atoms with van der Waals surface area (Å²) in [7, 11) is 1.50. The zero-order valence-electron chi connectivity index (χ0n) is 10.3. The number of hydrogen-bond acceptors (Lipinski definition) is 3. The van der Waals surface area contributed by atoms with E-state index in [0.717, 1.165) is 5.75 Å². The van der Waals surface area contributed by atoms with Gasteiger partial charge in [0.05, 0.1) is 0 Å². The first-order chi connectivity index (χ1) is 7.66. The van der Waals surface area contributed by atoms with Crippen molar-refractivity contribution in [3.63, 3.8) is 0 Å². The molecular weight excluding hydrogens is 220 g/mol. The second-order valence-electron chi connectivity index (χ2n) is 2.73. The van der Waals surface area contributed by atoms with Gasteiger partial charge in [-0.25, -0.2) is 0 Å². The number of benzene rings is 1. The molecule has 0 heterocycles. The first-order valence-electron chi connectivity index (χ1n) is 5.12. The smallest absolute Gasteiger partial charge is 0.214 e. The van der Waals surface area contributed by atoms with E-state index in [1.54, 1.807) is 0 Å². The average Bonchev–Trinajstić information content (AvgIpc) is 2.30. The molecule has 0 radical (unpaired) electrons. The first-order valence-corrected chi connectivity index (χ1v) is 6.27. The van der Waals surface area contributed by atoms with Crippen LogP contribution in [0.4, 0.5) is 0 Å². The molecule has 1 aromatic rings. The molecule has 0 unspecified atom stereocenters. The van der Waals surface area contributed by atoms with Crippen molar-refractivity contribution in [2.45, 2.75) is 19.6 Å². The normalized spacial score (nSPS) is 8.00. The highest BCUT2D eigenvalue weighted by atomic mass is 32.2. The Labute approximate surface area is 104 Å². The second kappa shape index (κ2) is 14.0. The molecule has 3 nitrogen and oxygen atoms in total. The van der Waals surface area contributed by atoms with Gasteiger partial charge in [0.15, 0.2) is 0 Å². The quantitative estimate of drug-likeness (QED) is 0.858. The number of amides is 1. The third kappa shape index (κ3) is 15.5. The first kappa shape index (κ1) is 17.4. The van der Waals surface area contributed by atoms with Crippen molar-refractivity contribution >= 4 is 17.7 Å². The van der Waals surface area contributed by atoms with E-state index in [1.807, 2.05) is 11.8 Å². The van der Waals surface area contributed by atoms with Gasteiger partial charge in [0.25, 0.3) is 0 Å². The molecule has 1 rings (SSSR count). The van der Waals surface area contributed by atoms with E-state index in [0.29, 0.717) is 0 Å². The third-order valence-corrected chi connectivity index (χ3v) is 2.26. The number of carbonyl (C=O) groups is 1. The van der Waals surface area contributed by atoms with Crippen LogP contribution in [0.25, 0.3) is 0 Å². The zero-order valence-corrected chi connectivity index (χ0v) is 11.1. The Bertz CT molecular complexity index is 254. The average molecular weight is 245 g/mol. The van der Waals surface area contributed by atoms with Gasteiger partial charge in [0.1, 0.15) is 0 Å². The van der Waals surface area contributed by atoms with Crippen LogP contribution >= 0.6 is 11.8 Å². The Kier molecular flexibility index (Phi) is 15.2. The Hall–Kier alpha value is -1.00. The van der Waals surface area contributed by atoms with Crippen LogP contribution in [0.5, 0.6) is 0 Å². The second-order valence-corrected chi connectivity index (χ2v) is 4.01. The summed E-state index contributed by atoms with van der Waals surface area (Å²) in [6.45, 7) is 3.49. The van der Waals surface area contributed by atoms with E-state index in [1.165, 1.54) is 25.3 Å². The minimum absolute atomic E-state index is 0. The Balaban J connectivity index is -0.000000242.